The molecule has 6 heterocycles. The summed E-state index contributed by atoms with van der Waals surface area (Å²) in [6.07, 6.45) is 13.3. The van der Waals surface area contributed by atoms with Crippen LogP contribution in [0.15, 0.2) is 134 Å². The van der Waals surface area contributed by atoms with Crippen molar-refractivity contribution in [2.45, 2.75) is 60.0 Å². The van der Waals surface area contributed by atoms with E-state index in [2.05, 4.69) is 73.3 Å². The summed E-state index contributed by atoms with van der Waals surface area (Å²) in [6, 6.07) is 29.2. The molecule has 0 aliphatic rings. The second kappa shape index (κ2) is 22.7. The van der Waals surface area contributed by atoms with E-state index in [9.17, 15) is 18.4 Å². The van der Waals surface area contributed by atoms with Gasteiger partial charge >= 0.3 is 5.97 Å². The van der Waals surface area contributed by atoms with E-state index in [1.165, 1.54) is 35.5 Å². The Labute approximate surface area is 413 Å². The van der Waals surface area contributed by atoms with Gasteiger partial charge in [0.15, 0.2) is 0 Å². The standard InChI is InChI=1S/C27H22ClFN4O.C18H16N2O2.C9H8ClFN2.CH4/c1-2-16-7-19-8-17(3-4-25(19)31-13-16)9-21-10-18(5-6-30-21)27(34)33-14-20-11-22-23(28)15-32-26(22)12-24(20)29;1-2-12-7-15-8-13(3-4-17(15)20-11-12)9-16-10-14(18(21)22)5-6-19-16;10-7-4-13-9-2-8(11)5(3-12)1-6(7)9;/h3-8,10-13,15,32H,2,9,14H2,1H3,(H,33,34);3-8,10-11H,2,9H2,1H3,(H,21,22);1-2,4,13H,3,12H2;1H4. The fourth-order valence-electron chi connectivity index (χ4n) is 7.78. The number of carboxylic acids is 1. The fourth-order valence-corrected chi connectivity index (χ4v) is 8.20. The van der Waals surface area contributed by atoms with Gasteiger partial charge in [0.05, 0.1) is 26.6 Å². The number of halogens is 4. The number of H-pyrrole nitrogens is 2. The van der Waals surface area contributed by atoms with E-state index in [0.29, 0.717) is 50.6 Å². The van der Waals surface area contributed by atoms with Crippen molar-refractivity contribution in [2.24, 2.45) is 5.73 Å². The van der Waals surface area contributed by atoms with Crippen molar-refractivity contribution in [3.8, 4) is 0 Å². The normalized spacial score (nSPS) is 10.9. The average molecular weight is 980 g/mol. The van der Waals surface area contributed by atoms with Crippen LogP contribution in [0.2, 0.25) is 10.0 Å². The maximum atomic E-state index is 14.4. The Bertz CT molecular complexity index is 3500. The number of aromatic carboxylic acids is 1. The van der Waals surface area contributed by atoms with E-state index in [0.717, 1.165) is 67.9 Å². The molecule has 0 saturated heterocycles. The molecule has 10 aromatic rings. The summed E-state index contributed by atoms with van der Waals surface area (Å²) in [4.78, 5) is 47.2. The predicted octanol–water partition coefficient (Wildman–Crippen LogP) is 12.5. The molecule has 0 aliphatic heterocycles. The van der Waals surface area contributed by atoms with Crippen LogP contribution in [0.3, 0.4) is 0 Å². The van der Waals surface area contributed by atoms with Gasteiger partial charge in [-0.1, -0.05) is 56.6 Å². The Kier molecular flexibility index (Phi) is 16.3. The van der Waals surface area contributed by atoms with Gasteiger partial charge in [0, 0.05) is 124 Å². The topological polar surface area (TPSA) is 176 Å². The summed E-state index contributed by atoms with van der Waals surface area (Å²) >= 11 is 12.0. The molecule has 0 spiro atoms. The van der Waals surface area contributed by atoms with Gasteiger partial charge in [-0.05, 0) is 120 Å². The van der Waals surface area contributed by atoms with Gasteiger partial charge in [-0.3, -0.25) is 24.7 Å². The van der Waals surface area contributed by atoms with Gasteiger partial charge in [-0.2, -0.15) is 0 Å². The maximum Gasteiger partial charge on any atom is 0.335 e. The smallest absolute Gasteiger partial charge is 0.335 e. The van der Waals surface area contributed by atoms with E-state index < -0.39 is 11.8 Å². The Morgan fingerprint density at radius 1 is 0.629 bits per heavy atom. The number of rotatable bonds is 11. The highest BCUT2D eigenvalue weighted by Crippen LogP contribution is 2.27. The van der Waals surface area contributed by atoms with Crippen LogP contribution in [-0.4, -0.2) is 46.9 Å². The van der Waals surface area contributed by atoms with Crippen molar-refractivity contribution >= 4 is 78.7 Å². The number of carbonyl (C=O) groups excluding carboxylic acids is 1. The third-order valence-electron chi connectivity index (χ3n) is 11.6. The lowest BCUT2D eigenvalue weighted by atomic mass is 10.0. The van der Waals surface area contributed by atoms with Gasteiger partial charge < -0.3 is 26.1 Å². The molecule has 1 amide bonds. The predicted molar refractivity (Wildman–Crippen MR) is 276 cm³/mol. The SMILES string of the molecule is C.CCc1cnc2ccc(Cc3cc(C(=O)NCc4cc5c(Cl)c[nH]c5cc4F)ccn3)cc2c1.CCc1cnc2ccc(Cc3cc(C(=O)O)ccn3)cc2c1.NCc1cc2c(Cl)c[nH]c2cc1F. The monoisotopic (exact) mass is 978 g/mol. The molecule has 0 bridgehead atoms. The number of aromatic nitrogens is 6. The minimum atomic E-state index is -0.932. The molecule has 11 nitrogen and oxygen atoms in total. The van der Waals surface area contributed by atoms with E-state index >= 15 is 0 Å². The van der Waals surface area contributed by atoms with Crippen molar-refractivity contribution in [2.75, 3.05) is 0 Å². The van der Waals surface area contributed by atoms with Crippen molar-refractivity contribution in [1.29, 1.82) is 0 Å². The molecule has 0 unspecified atom stereocenters. The highest BCUT2D eigenvalue weighted by molar-refractivity contribution is 6.36. The number of hydrogen-bond donors (Lipinski definition) is 5. The number of pyridine rings is 4. The largest absolute Gasteiger partial charge is 0.478 e. The molecule has 10 rings (SSSR count). The van der Waals surface area contributed by atoms with Crippen molar-refractivity contribution in [3.63, 3.8) is 0 Å². The van der Waals surface area contributed by atoms with E-state index in [-0.39, 0.29) is 37.8 Å². The van der Waals surface area contributed by atoms with Crippen molar-refractivity contribution < 1.29 is 23.5 Å². The van der Waals surface area contributed by atoms with Crippen LogP contribution >= 0.6 is 23.2 Å². The first-order valence-corrected chi connectivity index (χ1v) is 22.9. The number of aryl methyl sites for hydroxylation is 2. The number of hydrogen-bond acceptors (Lipinski definition) is 7. The lowest BCUT2D eigenvalue weighted by molar-refractivity contribution is 0.0696. The molecule has 6 N–H and O–H groups in total. The molecule has 356 valence electrons. The number of nitrogens with two attached hydrogens (primary N) is 1. The third-order valence-corrected chi connectivity index (χ3v) is 12.2. The molecule has 4 aromatic carbocycles. The van der Waals surface area contributed by atoms with E-state index in [1.54, 1.807) is 48.9 Å². The summed E-state index contributed by atoms with van der Waals surface area (Å²) in [5, 5.41) is 16.6. The second-order valence-corrected chi connectivity index (χ2v) is 17.1. The molecule has 15 heteroatoms. The Morgan fingerprint density at radius 3 is 1.60 bits per heavy atom. The number of carboxylic acid groups (broad SMARTS) is 1. The summed E-state index contributed by atoms with van der Waals surface area (Å²) in [5.74, 6) is -1.93. The Balaban J connectivity index is 0.000000171. The van der Waals surface area contributed by atoms with Gasteiger partial charge in [0.1, 0.15) is 11.6 Å². The lowest BCUT2D eigenvalue weighted by Crippen LogP contribution is -2.23. The average Bonchev–Trinajstić information content (AvgIpc) is 3.91. The molecule has 70 heavy (non-hydrogen) atoms. The zero-order chi connectivity index (χ0) is 48.6. The summed E-state index contributed by atoms with van der Waals surface area (Å²) in [7, 11) is 0. The zero-order valence-electron chi connectivity index (χ0n) is 37.6. The number of nitrogens with one attached hydrogen (secondary N) is 3. The number of aromatic amines is 2. The quantitative estimate of drug-likeness (QED) is 0.0851. The minimum Gasteiger partial charge on any atom is -0.478 e. The lowest BCUT2D eigenvalue weighted by Gasteiger charge is -2.09. The van der Waals surface area contributed by atoms with Crippen LogP contribution in [-0.2, 0) is 38.8 Å². The van der Waals surface area contributed by atoms with Crippen LogP contribution in [0.5, 0.6) is 0 Å². The summed E-state index contributed by atoms with van der Waals surface area (Å²) in [6.45, 7) is 4.45. The second-order valence-electron chi connectivity index (χ2n) is 16.3. The molecular formula is C55H50Cl2F2N8O3. The van der Waals surface area contributed by atoms with Crippen molar-refractivity contribution in [3.05, 3.63) is 212 Å². The zero-order valence-corrected chi connectivity index (χ0v) is 39.1. The molecule has 0 aliphatic carbocycles. The first-order chi connectivity index (χ1) is 33.4. The van der Waals surface area contributed by atoms with Crippen LogP contribution in [0.25, 0.3) is 43.6 Å². The van der Waals surface area contributed by atoms with Gasteiger partial charge in [0.25, 0.3) is 5.91 Å². The number of fused-ring (bicyclic) bond motifs is 4. The third kappa shape index (κ3) is 12.0. The maximum absolute atomic E-state index is 14.4. The number of benzene rings is 4. The first-order valence-electron chi connectivity index (χ1n) is 22.1. The summed E-state index contributed by atoms with van der Waals surface area (Å²) in [5.41, 5.74) is 16.3. The van der Waals surface area contributed by atoms with Gasteiger partial charge in [-0.15, -0.1) is 0 Å². The van der Waals surface area contributed by atoms with Gasteiger partial charge in [0.2, 0.25) is 0 Å². The number of amides is 1. The molecule has 0 fully saturated rings. The highest BCUT2D eigenvalue weighted by Gasteiger charge is 2.13. The van der Waals surface area contributed by atoms with E-state index in [1.807, 2.05) is 36.7 Å². The van der Waals surface area contributed by atoms with Crippen LogP contribution in [0.1, 0.15) is 86.8 Å². The van der Waals surface area contributed by atoms with E-state index in [4.69, 9.17) is 34.0 Å². The summed E-state index contributed by atoms with van der Waals surface area (Å²) < 4.78 is 27.6. The Morgan fingerprint density at radius 2 is 1.10 bits per heavy atom. The molecule has 0 saturated carbocycles. The molecule has 6 aromatic heterocycles. The number of nitrogens with zero attached hydrogens (tertiary/aromatic N) is 4. The molecule has 0 atom stereocenters. The van der Waals surface area contributed by atoms with Crippen LogP contribution < -0.4 is 11.1 Å². The van der Waals surface area contributed by atoms with Crippen LogP contribution in [0.4, 0.5) is 8.78 Å². The minimum absolute atomic E-state index is 0. The van der Waals surface area contributed by atoms with Gasteiger partial charge in [-0.25, -0.2) is 13.6 Å². The molecular weight excluding hydrogens is 930 g/mol. The van der Waals surface area contributed by atoms with Crippen LogP contribution in [0, 0.1) is 11.6 Å². The Hall–Kier alpha value is -7.58. The molecule has 0 radical (unpaired) electrons. The van der Waals surface area contributed by atoms with Crippen molar-refractivity contribution in [1.82, 2.24) is 35.2 Å². The highest BCUT2D eigenvalue weighted by atomic mass is 35.5. The first kappa shape index (κ1) is 50.3. The fraction of sp³-hybridized carbons (Fsp3) is 0.164. The number of carbonyl (C=O) groups is 2.